The molecule has 0 atom stereocenters. The van der Waals surface area contributed by atoms with E-state index in [1.54, 1.807) is 12.1 Å². The zero-order chi connectivity index (χ0) is 13.5. The minimum Gasteiger partial charge on any atom is -0.503 e. The highest BCUT2D eigenvalue weighted by molar-refractivity contribution is 7.80. The lowest BCUT2D eigenvalue weighted by Crippen LogP contribution is -2.31. The lowest BCUT2D eigenvalue weighted by atomic mass is 10.2. The van der Waals surface area contributed by atoms with Crippen LogP contribution in [0.3, 0.4) is 0 Å². The zero-order valence-corrected chi connectivity index (χ0v) is 11.6. The molecule has 1 aromatic rings. The zero-order valence-electron chi connectivity index (χ0n) is 10.0. The van der Waals surface area contributed by atoms with E-state index in [1.807, 2.05) is 6.92 Å². The number of hydrogen-bond donors (Lipinski definition) is 3. The summed E-state index contributed by atoms with van der Waals surface area (Å²) >= 11 is 10.8. The Morgan fingerprint density at radius 3 is 2.94 bits per heavy atom. The van der Waals surface area contributed by atoms with Crippen molar-refractivity contribution in [3.8, 4) is 11.5 Å². The van der Waals surface area contributed by atoms with Crippen LogP contribution in [0.4, 0.5) is 0 Å². The van der Waals surface area contributed by atoms with Gasteiger partial charge in [0, 0.05) is 6.54 Å². The SMILES string of the molecule is CCNC(=S)N/N=C/c1cc(Cl)c(O)c(OC)c1. The van der Waals surface area contributed by atoms with Gasteiger partial charge in [-0.25, -0.2) is 0 Å². The molecule has 18 heavy (non-hydrogen) atoms. The number of phenols is 1. The molecule has 0 amide bonds. The molecule has 1 aromatic carbocycles. The molecule has 0 saturated heterocycles. The Morgan fingerprint density at radius 2 is 2.33 bits per heavy atom. The third-order valence-electron chi connectivity index (χ3n) is 1.99. The molecule has 3 N–H and O–H groups in total. The first-order valence-electron chi connectivity index (χ1n) is 5.21. The van der Waals surface area contributed by atoms with Crippen LogP contribution >= 0.6 is 23.8 Å². The Hall–Kier alpha value is -1.53. The van der Waals surface area contributed by atoms with E-state index in [1.165, 1.54) is 13.3 Å². The first-order valence-corrected chi connectivity index (χ1v) is 6.00. The maximum atomic E-state index is 9.56. The summed E-state index contributed by atoms with van der Waals surface area (Å²) in [6, 6.07) is 3.18. The van der Waals surface area contributed by atoms with Gasteiger partial charge in [0.1, 0.15) is 0 Å². The second-order valence-corrected chi connectivity index (χ2v) is 4.10. The predicted octanol–water partition coefficient (Wildman–Crippen LogP) is 1.87. The van der Waals surface area contributed by atoms with Gasteiger partial charge in [-0.15, -0.1) is 0 Å². The fourth-order valence-corrected chi connectivity index (χ4v) is 1.61. The molecule has 0 heterocycles. The molecule has 0 saturated carbocycles. The topological polar surface area (TPSA) is 65.9 Å². The number of ether oxygens (including phenoxy) is 1. The molecule has 0 aliphatic rings. The number of nitrogens with zero attached hydrogens (tertiary/aromatic N) is 1. The van der Waals surface area contributed by atoms with Crippen LogP contribution in [-0.2, 0) is 0 Å². The highest BCUT2D eigenvalue weighted by Gasteiger charge is 2.07. The van der Waals surface area contributed by atoms with Crippen molar-refractivity contribution < 1.29 is 9.84 Å². The van der Waals surface area contributed by atoms with Crippen molar-refractivity contribution in [3.05, 3.63) is 22.7 Å². The number of hydrogen-bond acceptors (Lipinski definition) is 4. The van der Waals surface area contributed by atoms with Crippen LogP contribution in [0.5, 0.6) is 11.5 Å². The monoisotopic (exact) mass is 287 g/mol. The summed E-state index contributed by atoms with van der Waals surface area (Å²) in [7, 11) is 1.45. The molecule has 0 aliphatic heterocycles. The predicted molar refractivity (Wildman–Crippen MR) is 76.7 cm³/mol. The minimum absolute atomic E-state index is 0.0903. The average molecular weight is 288 g/mol. The number of nitrogens with one attached hydrogen (secondary N) is 2. The van der Waals surface area contributed by atoms with Crippen molar-refractivity contribution in [2.24, 2.45) is 5.10 Å². The standard InChI is InChI=1S/C11H14ClN3O2S/c1-3-13-11(18)15-14-6-7-4-8(12)10(16)9(5-7)17-2/h4-6,16H,3H2,1-2H3,(H2,13,15,18)/b14-6+. The molecule has 0 bridgehead atoms. The quantitative estimate of drug-likeness (QED) is 0.448. The van der Waals surface area contributed by atoms with E-state index in [0.29, 0.717) is 16.4 Å². The summed E-state index contributed by atoms with van der Waals surface area (Å²) in [6.45, 7) is 2.66. The van der Waals surface area contributed by atoms with Gasteiger partial charge in [-0.3, -0.25) is 5.43 Å². The fourth-order valence-electron chi connectivity index (χ4n) is 1.19. The summed E-state index contributed by atoms with van der Waals surface area (Å²) < 4.78 is 4.98. The maximum Gasteiger partial charge on any atom is 0.186 e. The van der Waals surface area contributed by atoms with Crippen molar-refractivity contribution in [2.45, 2.75) is 6.92 Å². The van der Waals surface area contributed by atoms with E-state index in [0.717, 1.165) is 6.54 Å². The van der Waals surface area contributed by atoms with E-state index in [4.69, 9.17) is 28.6 Å². The van der Waals surface area contributed by atoms with E-state index >= 15 is 0 Å². The molecule has 7 heteroatoms. The second kappa shape index (κ2) is 7.03. The summed E-state index contributed by atoms with van der Waals surface area (Å²) in [4.78, 5) is 0. The van der Waals surface area contributed by atoms with E-state index in [9.17, 15) is 5.11 Å². The molecule has 0 aromatic heterocycles. The maximum absolute atomic E-state index is 9.56. The van der Waals surface area contributed by atoms with Crippen LogP contribution in [0, 0.1) is 0 Å². The van der Waals surface area contributed by atoms with Crippen LogP contribution in [0.2, 0.25) is 5.02 Å². The number of hydrazone groups is 1. The third-order valence-corrected chi connectivity index (χ3v) is 2.51. The van der Waals surface area contributed by atoms with Gasteiger partial charge >= 0.3 is 0 Å². The van der Waals surface area contributed by atoms with Gasteiger partial charge in [-0.1, -0.05) is 11.6 Å². The van der Waals surface area contributed by atoms with E-state index < -0.39 is 0 Å². The smallest absolute Gasteiger partial charge is 0.186 e. The Balaban J connectivity index is 2.76. The Morgan fingerprint density at radius 1 is 1.61 bits per heavy atom. The number of thiocarbonyl (C=S) groups is 1. The average Bonchev–Trinajstić information content (AvgIpc) is 2.33. The molecule has 5 nitrogen and oxygen atoms in total. The molecule has 0 unspecified atom stereocenters. The van der Waals surface area contributed by atoms with Crippen molar-refractivity contribution in [3.63, 3.8) is 0 Å². The van der Waals surface area contributed by atoms with Gasteiger partial charge in [0.15, 0.2) is 16.6 Å². The summed E-state index contributed by atoms with van der Waals surface area (Å²) in [6.07, 6.45) is 1.53. The van der Waals surface area contributed by atoms with Crippen LogP contribution in [0.25, 0.3) is 0 Å². The summed E-state index contributed by atoms with van der Waals surface area (Å²) in [5.41, 5.74) is 3.33. The van der Waals surface area contributed by atoms with Crippen LogP contribution in [0.15, 0.2) is 17.2 Å². The van der Waals surface area contributed by atoms with Crippen molar-refractivity contribution in [2.75, 3.05) is 13.7 Å². The van der Waals surface area contributed by atoms with Crippen LogP contribution in [0.1, 0.15) is 12.5 Å². The lowest BCUT2D eigenvalue weighted by molar-refractivity contribution is 0.373. The molecule has 0 fully saturated rings. The molecule has 0 aliphatic carbocycles. The largest absolute Gasteiger partial charge is 0.503 e. The fraction of sp³-hybridized carbons (Fsp3) is 0.273. The highest BCUT2D eigenvalue weighted by Crippen LogP contribution is 2.34. The molecular formula is C11H14ClN3O2S. The minimum atomic E-state index is -0.0903. The van der Waals surface area contributed by atoms with Gasteiger partial charge in [-0.2, -0.15) is 5.10 Å². The molecular weight excluding hydrogens is 274 g/mol. The van der Waals surface area contributed by atoms with Gasteiger partial charge in [0.05, 0.1) is 18.3 Å². The molecule has 0 spiro atoms. The first-order chi connectivity index (χ1) is 8.58. The number of halogens is 1. The lowest BCUT2D eigenvalue weighted by Gasteiger charge is -2.06. The normalized spacial score (nSPS) is 10.4. The van der Waals surface area contributed by atoms with Gasteiger partial charge in [-0.05, 0) is 36.8 Å². The van der Waals surface area contributed by atoms with Crippen molar-refractivity contribution in [1.82, 2.24) is 10.7 Å². The van der Waals surface area contributed by atoms with Gasteiger partial charge in [0.25, 0.3) is 0 Å². The Kier molecular flexibility index (Phi) is 5.67. The number of benzene rings is 1. The third kappa shape index (κ3) is 4.05. The number of phenolic OH excluding ortho intramolecular Hbond substituents is 1. The van der Waals surface area contributed by atoms with Crippen molar-refractivity contribution in [1.29, 1.82) is 0 Å². The van der Waals surface area contributed by atoms with E-state index in [2.05, 4.69) is 15.8 Å². The number of aromatic hydroxyl groups is 1. The van der Waals surface area contributed by atoms with Crippen LogP contribution < -0.4 is 15.5 Å². The first kappa shape index (κ1) is 14.5. The van der Waals surface area contributed by atoms with Gasteiger partial charge in [0.2, 0.25) is 0 Å². The van der Waals surface area contributed by atoms with Gasteiger partial charge < -0.3 is 15.2 Å². The van der Waals surface area contributed by atoms with Crippen LogP contribution in [-0.4, -0.2) is 30.1 Å². The molecule has 0 radical (unpaired) electrons. The molecule has 1 rings (SSSR count). The Bertz CT molecular complexity index is 466. The number of rotatable bonds is 4. The molecule has 98 valence electrons. The highest BCUT2D eigenvalue weighted by atomic mass is 35.5. The Labute approximate surface area is 116 Å². The van der Waals surface area contributed by atoms with Crippen molar-refractivity contribution >= 4 is 35.1 Å². The summed E-state index contributed by atoms with van der Waals surface area (Å²) in [5, 5.41) is 17.0. The second-order valence-electron chi connectivity index (χ2n) is 3.28. The number of methoxy groups -OCH3 is 1. The summed E-state index contributed by atoms with van der Waals surface area (Å²) in [5.74, 6) is 0.200. The van der Waals surface area contributed by atoms with E-state index in [-0.39, 0.29) is 10.8 Å².